The van der Waals surface area contributed by atoms with Gasteiger partial charge in [-0.25, -0.2) is 4.79 Å². The molecule has 1 aliphatic heterocycles. The number of ether oxygens (including phenoxy) is 1. The molecule has 1 N–H and O–H groups in total. The van der Waals surface area contributed by atoms with Gasteiger partial charge in [-0.1, -0.05) is 19.8 Å². The number of hydrogen-bond acceptors (Lipinski definition) is 3. The Kier molecular flexibility index (Phi) is 6.68. The molecule has 1 aliphatic carbocycles. The van der Waals surface area contributed by atoms with Crippen LogP contribution in [0, 0.1) is 5.92 Å². The summed E-state index contributed by atoms with van der Waals surface area (Å²) >= 11 is 0. The summed E-state index contributed by atoms with van der Waals surface area (Å²) in [5.41, 5.74) is 0. The van der Waals surface area contributed by atoms with Gasteiger partial charge in [-0.15, -0.1) is 0 Å². The molecule has 6 heteroatoms. The molecule has 128 valence electrons. The Labute approximate surface area is 136 Å². The minimum atomic E-state index is -0.813. The second-order valence-electron chi connectivity index (χ2n) is 6.63. The summed E-state index contributed by atoms with van der Waals surface area (Å²) in [6, 6.07) is -0.0368. The first kappa shape index (κ1) is 17.7. The number of nitrogens with zero attached hydrogens (tertiary/aromatic N) is 1. The molecule has 0 aromatic carbocycles. The van der Waals surface area contributed by atoms with Crippen LogP contribution in [0.4, 0.5) is 4.79 Å². The first-order valence-electron chi connectivity index (χ1n) is 8.54. The Morgan fingerprint density at radius 3 is 2.73 bits per heavy atom. The van der Waals surface area contributed by atoms with Crippen molar-refractivity contribution in [1.82, 2.24) is 10.2 Å². The Balaban J connectivity index is 1.68. The molecular formula is C16H30N2O3S. The average molecular weight is 330 g/mol. The summed E-state index contributed by atoms with van der Waals surface area (Å²) in [6.07, 6.45) is 5.30. The molecule has 1 saturated heterocycles. The Morgan fingerprint density at radius 2 is 2.00 bits per heavy atom. The zero-order valence-electron chi connectivity index (χ0n) is 14.0. The van der Waals surface area contributed by atoms with E-state index >= 15 is 0 Å². The third-order valence-electron chi connectivity index (χ3n) is 5.12. The molecule has 2 rings (SSSR count). The van der Waals surface area contributed by atoms with Crippen molar-refractivity contribution < 1.29 is 13.7 Å². The highest BCUT2D eigenvalue weighted by atomic mass is 32.2. The van der Waals surface area contributed by atoms with Gasteiger partial charge in [-0.2, -0.15) is 0 Å². The molecule has 2 aliphatic rings. The van der Waals surface area contributed by atoms with Crippen LogP contribution in [-0.2, 0) is 15.5 Å². The third kappa shape index (κ3) is 4.44. The van der Waals surface area contributed by atoms with E-state index in [2.05, 4.69) is 12.2 Å². The number of hydrogen-bond donors (Lipinski definition) is 1. The van der Waals surface area contributed by atoms with Crippen molar-refractivity contribution >= 4 is 16.8 Å². The maximum atomic E-state index is 12.2. The van der Waals surface area contributed by atoms with Crippen LogP contribution in [0.25, 0.3) is 0 Å². The van der Waals surface area contributed by atoms with Gasteiger partial charge in [0.1, 0.15) is 0 Å². The number of carbonyl (C=O) groups excluding carboxylic acids is 1. The van der Waals surface area contributed by atoms with Gasteiger partial charge in [-0.05, 0) is 32.6 Å². The number of nitrogens with one attached hydrogen (secondary N) is 1. The summed E-state index contributed by atoms with van der Waals surface area (Å²) in [6.45, 7) is 7.87. The topological polar surface area (TPSA) is 58.6 Å². The van der Waals surface area contributed by atoms with Crippen molar-refractivity contribution in [2.24, 2.45) is 5.92 Å². The minimum absolute atomic E-state index is 0.0221. The maximum Gasteiger partial charge on any atom is 0.317 e. The van der Waals surface area contributed by atoms with E-state index in [0.29, 0.717) is 37.5 Å². The van der Waals surface area contributed by atoms with Crippen molar-refractivity contribution in [2.45, 2.75) is 63.9 Å². The highest BCUT2D eigenvalue weighted by Gasteiger charge is 2.32. The predicted octanol–water partition coefficient (Wildman–Crippen LogP) is 2.13. The fourth-order valence-corrected chi connectivity index (χ4v) is 4.67. The van der Waals surface area contributed by atoms with Crippen molar-refractivity contribution in [2.75, 3.05) is 25.4 Å². The second kappa shape index (κ2) is 8.29. The lowest BCUT2D eigenvalue weighted by atomic mass is 9.88. The maximum absolute atomic E-state index is 12.2. The van der Waals surface area contributed by atoms with E-state index in [4.69, 9.17) is 4.74 Å². The number of carbonyl (C=O) groups is 1. The molecule has 5 nitrogen and oxygen atoms in total. The first-order chi connectivity index (χ1) is 10.5. The quantitative estimate of drug-likeness (QED) is 0.804. The van der Waals surface area contributed by atoms with E-state index in [9.17, 15) is 9.00 Å². The van der Waals surface area contributed by atoms with Crippen molar-refractivity contribution in [3.05, 3.63) is 0 Å². The first-order valence-corrected chi connectivity index (χ1v) is 9.92. The molecule has 1 heterocycles. The van der Waals surface area contributed by atoms with Crippen LogP contribution in [0.5, 0.6) is 0 Å². The van der Waals surface area contributed by atoms with Gasteiger partial charge in [0.15, 0.2) is 0 Å². The molecule has 2 fully saturated rings. The molecule has 0 aromatic rings. The molecule has 2 amide bonds. The standard InChI is InChI=1S/C16H30N2O3S/c1-12-6-4-5-7-15(12)21-10-8-17-16(19)18-9-11-22(20)14(3)13(18)2/h12-15H,4-11H2,1-3H3,(H,17,19)/t12-,13+,14-,15-,22-/m1/s1. The van der Waals surface area contributed by atoms with E-state index in [-0.39, 0.29) is 17.3 Å². The van der Waals surface area contributed by atoms with Gasteiger partial charge in [0, 0.05) is 35.7 Å². The zero-order chi connectivity index (χ0) is 16.1. The van der Waals surface area contributed by atoms with Crippen molar-refractivity contribution in [3.8, 4) is 0 Å². The SMILES string of the molecule is C[C@@H]1CCCC[C@H]1OCCNC(=O)N1CC[S@@](=O)[C@H](C)[C@@H]1C. The van der Waals surface area contributed by atoms with Gasteiger partial charge in [0.05, 0.1) is 18.0 Å². The van der Waals surface area contributed by atoms with Gasteiger partial charge in [-0.3, -0.25) is 4.21 Å². The largest absolute Gasteiger partial charge is 0.376 e. The molecule has 0 bridgehead atoms. The normalized spacial score (nSPS) is 36.1. The van der Waals surface area contributed by atoms with Crippen LogP contribution in [0.3, 0.4) is 0 Å². The van der Waals surface area contributed by atoms with Crippen LogP contribution >= 0.6 is 0 Å². The smallest absolute Gasteiger partial charge is 0.317 e. The van der Waals surface area contributed by atoms with E-state index in [1.807, 2.05) is 13.8 Å². The fourth-order valence-electron chi connectivity index (χ4n) is 3.34. The van der Waals surface area contributed by atoms with E-state index < -0.39 is 10.8 Å². The van der Waals surface area contributed by atoms with Gasteiger partial charge in [0.2, 0.25) is 0 Å². The summed E-state index contributed by atoms with van der Waals surface area (Å²) in [4.78, 5) is 14.0. The van der Waals surface area contributed by atoms with Crippen molar-refractivity contribution in [1.29, 1.82) is 0 Å². The molecule has 0 radical (unpaired) electrons. The fraction of sp³-hybridized carbons (Fsp3) is 0.938. The Hall–Kier alpha value is -0.620. The molecule has 0 aromatic heterocycles. The van der Waals surface area contributed by atoms with Crippen LogP contribution in [0.1, 0.15) is 46.5 Å². The average Bonchev–Trinajstić information content (AvgIpc) is 2.50. The van der Waals surface area contributed by atoms with Crippen LogP contribution in [0.2, 0.25) is 0 Å². The lowest BCUT2D eigenvalue weighted by molar-refractivity contribution is -0.00280. The van der Waals surface area contributed by atoms with E-state index in [1.165, 1.54) is 19.3 Å². The Bertz CT molecular complexity index is 405. The van der Waals surface area contributed by atoms with Gasteiger partial charge in [0.25, 0.3) is 0 Å². The monoisotopic (exact) mass is 330 g/mol. The van der Waals surface area contributed by atoms with E-state index in [1.54, 1.807) is 4.90 Å². The number of rotatable bonds is 4. The molecule has 1 saturated carbocycles. The molecule has 0 spiro atoms. The minimum Gasteiger partial charge on any atom is -0.376 e. The number of amides is 2. The molecule has 22 heavy (non-hydrogen) atoms. The third-order valence-corrected chi connectivity index (χ3v) is 6.93. The predicted molar refractivity (Wildman–Crippen MR) is 89.4 cm³/mol. The van der Waals surface area contributed by atoms with Crippen LogP contribution in [0.15, 0.2) is 0 Å². The molecule has 5 atom stereocenters. The van der Waals surface area contributed by atoms with Gasteiger partial charge >= 0.3 is 6.03 Å². The lowest BCUT2D eigenvalue weighted by Crippen LogP contribution is -2.55. The van der Waals surface area contributed by atoms with E-state index in [0.717, 1.165) is 6.42 Å². The molecule has 0 unspecified atom stereocenters. The Morgan fingerprint density at radius 1 is 1.27 bits per heavy atom. The zero-order valence-corrected chi connectivity index (χ0v) is 14.9. The summed E-state index contributed by atoms with van der Waals surface area (Å²) < 4.78 is 17.7. The van der Waals surface area contributed by atoms with Crippen molar-refractivity contribution in [3.63, 3.8) is 0 Å². The van der Waals surface area contributed by atoms with Crippen LogP contribution < -0.4 is 5.32 Å². The second-order valence-corrected chi connectivity index (χ2v) is 8.54. The van der Waals surface area contributed by atoms with Gasteiger partial charge < -0.3 is 15.0 Å². The summed E-state index contributed by atoms with van der Waals surface area (Å²) in [7, 11) is -0.813. The highest BCUT2D eigenvalue weighted by molar-refractivity contribution is 7.85. The summed E-state index contributed by atoms with van der Waals surface area (Å²) in [5, 5.41) is 2.98. The summed E-state index contributed by atoms with van der Waals surface area (Å²) in [5.74, 6) is 1.21. The number of urea groups is 1. The highest BCUT2D eigenvalue weighted by Crippen LogP contribution is 2.26. The molecular weight excluding hydrogens is 300 g/mol. The lowest BCUT2D eigenvalue weighted by Gasteiger charge is -2.37. The van der Waals surface area contributed by atoms with Crippen LogP contribution in [-0.4, -0.2) is 58.0 Å².